The Morgan fingerprint density at radius 2 is 1.57 bits per heavy atom. The number of hydrogen-bond donors (Lipinski definition) is 1. The number of anilines is 1. The quantitative estimate of drug-likeness (QED) is 0.293. The molecule has 18 heteroatoms. The number of fused-ring (bicyclic) bond motifs is 2. The van der Waals surface area contributed by atoms with Gasteiger partial charge in [0, 0.05) is 19.0 Å². The van der Waals surface area contributed by atoms with Gasteiger partial charge in [-0.2, -0.15) is 0 Å². The van der Waals surface area contributed by atoms with E-state index in [0.29, 0.717) is 11.2 Å². The zero-order valence-electron chi connectivity index (χ0n) is 30.2. The number of amides is 1. The molecule has 3 saturated heterocycles. The Kier molecular flexibility index (Phi) is 11.3. The molecule has 0 spiro atoms. The van der Waals surface area contributed by atoms with Crippen LogP contribution in [0.5, 0.6) is 0 Å². The highest BCUT2D eigenvalue weighted by atomic mass is 32.2. The van der Waals surface area contributed by atoms with Crippen LogP contribution in [0.15, 0.2) is 12.7 Å². The first kappa shape index (κ1) is 38.2. The van der Waals surface area contributed by atoms with Crippen LogP contribution in [-0.2, 0) is 37.1 Å². The Labute approximate surface area is 297 Å². The summed E-state index contributed by atoms with van der Waals surface area (Å²) >= 11 is 5.83. The molecule has 14 nitrogen and oxygen atoms in total. The van der Waals surface area contributed by atoms with Gasteiger partial charge in [0.25, 0.3) is 5.17 Å². The van der Waals surface area contributed by atoms with Gasteiger partial charge in [-0.3, -0.25) is 9.36 Å². The van der Waals surface area contributed by atoms with Crippen LogP contribution in [0.4, 0.5) is 5.82 Å². The molecule has 3 aliphatic heterocycles. The summed E-state index contributed by atoms with van der Waals surface area (Å²) in [7, 11) is -9.08. The van der Waals surface area contributed by atoms with Gasteiger partial charge in [-0.1, -0.05) is 69.2 Å². The predicted molar refractivity (Wildman–Crippen MR) is 194 cm³/mol. The normalized spacial score (nSPS) is 26.7. The SMILES string of the molecule is CC(C)C(=O)Nc1ncnc2c1ncn2[C@@H]1O[C@@H]2CO[Si](C(C)C)(C(C)C)O[Si](C(C)C)(C(C)C)OC2[C@@H]1OC(=S)N1CCS(=O)(=O)CC1. The number of hydrogen-bond acceptors (Lipinski definition) is 12. The number of rotatable bonds is 8. The lowest BCUT2D eigenvalue weighted by molar-refractivity contribution is -0.118. The van der Waals surface area contributed by atoms with E-state index in [0.717, 1.165) is 0 Å². The van der Waals surface area contributed by atoms with Crippen molar-refractivity contribution in [3.8, 4) is 0 Å². The number of aromatic nitrogens is 4. The maximum absolute atomic E-state index is 12.6. The molecule has 1 N–H and O–H groups in total. The topological polar surface area (TPSA) is 156 Å². The zero-order valence-corrected chi connectivity index (χ0v) is 33.8. The molecule has 0 bridgehead atoms. The molecule has 2 aromatic heterocycles. The van der Waals surface area contributed by atoms with Crippen molar-refractivity contribution in [1.82, 2.24) is 24.4 Å². The predicted octanol–water partition coefficient (Wildman–Crippen LogP) is 4.68. The van der Waals surface area contributed by atoms with Gasteiger partial charge >= 0.3 is 17.1 Å². The summed E-state index contributed by atoms with van der Waals surface area (Å²) in [6.45, 7) is 21.5. The van der Waals surface area contributed by atoms with Crippen LogP contribution in [0.25, 0.3) is 11.2 Å². The molecule has 0 radical (unpaired) electrons. The summed E-state index contributed by atoms with van der Waals surface area (Å²) in [5.74, 6) is -0.182. The number of imidazole rings is 1. The van der Waals surface area contributed by atoms with Crippen LogP contribution in [0.2, 0.25) is 22.2 Å². The van der Waals surface area contributed by atoms with Crippen LogP contribution in [0.3, 0.4) is 0 Å². The number of nitrogens with one attached hydrogen (secondary N) is 1. The summed E-state index contributed by atoms with van der Waals surface area (Å²) in [5.41, 5.74) is 1.25. The lowest BCUT2D eigenvalue weighted by Crippen LogP contribution is -2.66. The zero-order chi connectivity index (χ0) is 36.1. The largest absolute Gasteiger partial charge is 0.460 e. The van der Waals surface area contributed by atoms with E-state index in [1.165, 1.54) is 6.33 Å². The standard InChI is InChI=1S/C31H52N6O8S2Si2/c1-18(2)29(38)35-27-24-28(33-16-32-27)37(17-34-24)30-26(43-31(46)36-11-13-47(39,40)14-12-36)25-23(42-30)15-41-48(19(3)4,20(5)6)45-49(44-25,21(7)8)22(9)10/h16-23,25-26,30H,11-15H2,1-10H3,(H,32,33,35,38)/t23-,25?,26+,30-/m1/s1. The van der Waals surface area contributed by atoms with E-state index in [1.54, 1.807) is 29.6 Å². The molecule has 274 valence electrons. The summed E-state index contributed by atoms with van der Waals surface area (Å²) in [4.78, 5) is 27.8. The number of sulfone groups is 1. The molecule has 1 unspecified atom stereocenters. The number of carbonyl (C=O) groups is 1. The van der Waals surface area contributed by atoms with Gasteiger partial charge in [0.2, 0.25) is 5.91 Å². The van der Waals surface area contributed by atoms with Crippen LogP contribution in [0, 0.1) is 5.92 Å². The fourth-order valence-electron chi connectivity index (χ4n) is 6.95. The molecule has 0 aromatic carbocycles. The molecule has 0 aliphatic carbocycles. The summed E-state index contributed by atoms with van der Waals surface area (Å²) in [6, 6.07) is 0. The summed E-state index contributed by atoms with van der Waals surface area (Å²) < 4.78 is 61.5. The van der Waals surface area contributed by atoms with Gasteiger partial charge < -0.3 is 32.7 Å². The van der Waals surface area contributed by atoms with E-state index in [-0.39, 0.29) is 76.2 Å². The smallest absolute Gasteiger partial charge is 0.335 e. The van der Waals surface area contributed by atoms with E-state index >= 15 is 0 Å². The van der Waals surface area contributed by atoms with E-state index < -0.39 is 51.5 Å². The molecule has 0 saturated carbocycles. The molecular formula is C31H52N6O8S2Si2. The average Bonchev–Trinajstić information content (AvgIpc) is 3.58. The lowest BCUT2D eigenvalue weighted by Gasteiger charge is -2.51. The van der Waals surface area contributed by atoms with Crippen molar-refractivity contribution < 1.29 is 35.7 Å². The molecule has 5 rings (SSSR count). The maximum atomic E-state index is 12.6. The Morgan fingerprint density at radius 3 is 2.14 bits per heavy atom. The monoisotopic (exact) mass is 756 g/mol. The highest BCUT2D eigenvalue weighted by Gasteiger charge is 2.62. The first-order valence-electron chi connectivity index (χ1n) is 17.2. The van der Waals surface area contributed by atoms with Gasteiger partial charge in [0.1, 0.15) is 18.5 Å². The van der Waals surface area contributed by atoms with Crippen molar-refractivity contribution in [2.75, 3.05) is 36.5 Å². The minimum absolute atomic E-state index is 0.00683. The summed E-state index contributed by atoms with van der Waals surface area (Å²) in [5, 5.41) is 3.01. The maximum Gasteiger partial charge on any atom is 0.335 e. The van der Waals surface area contributed by atoms with Crippen molar-refractivity contribution in [2.45, 2.75) is 116 Å². The second-order valence-electron chi connectivity index (χ2n) is 14.8. The highest BCUT2D eigenvalue weighted by molar-refractivity contribution is 7.91. The minimum Gasteiger partial charge on any atom is -0.460 e. The van der Waals surface area contributed by atoms with Gasteiger partial charge in [-0.15, -0.1) is 0 Å². The van der Waals surface area contributed by atoms with Crippen LogP contribution in [0.1, 0.15) is 75.5 Å². The molecule has 3 fully saturated rings. The molecule has 1 amide bonds. The van der Waals surface area contributed by atoms with Gasteiger partial charge in [0.05, 0.1) is 24.4 Å². The molecule has 49 heavy (non-hydrogen) atoms. The van der Waals surface area contributed by atoms with Gasteiger partial charge in [-0.05, 0) is 34.4 Å². The second kappa shape index (κ2) is 14.5. The third-order valence-electron chi connectivity index (χ3n) is 9.86. The third kappa shape index (κ3) is 7.34. The summed E-state index contributed by atoms with van der Waals surface area (Å²) in [6.07, 6.45) is 0.125. The van der Waals surface area contributed by atoms with Crippen molar-refractivity contribution >= 4 is 67.2 Å². The van der Waals surface area contributed by atoms with Crippen molar-refractivity contribution in [1.29, 1.82) is 0 Å². The molecule has 3 aliphatic rings. The number of thiocarbonyl (C=S) groups is 1. The van der Waals surface area contributed by atoms with Crippen molar-refractivity contribution in [3.63, 3.8) is 0 Å². The minimum atomic E-state index is -3.14. The average molecular weight is 757 g/mol. The fraction of sp³-hybridized carbons (Fsp3) is 0.774. The van der Waals surface area contributed by atoms with Crippen LogP contribution >= 0.6 is 12.2 Å². The van der Waals surface area contributed by atoms with E-state index in [9.17, 15) is 13.2 Å². The molecular weight excluding hydrogens is 705 g/mol. The third-order valence-corrected chi connectivity index (χ3v) is 22.1. The van der Waals surface area contributed by atoms with E-state index in [4.69, 9.17) is 34.7 Å². The first-order valence-corrected chi connectivity index (χ1v) is 23.4. The number of carbonyl (C=O) groups excluding carboxylic acids is 1. The number of nitrogens with zero attached hydrogens (tertiary/aromatic N) is 5. The molecule has 4 atom stereocenters. The Morgan fingerprint density at radius 1 is 0.959 bits per heavy atom. The van der Waals surface area contributed by atoms with Gasteiger partial charge in [-0.25, -0.2) is 23.4 Å². The first-order chi connectivity index (χ1) is 22.9. The van der Waals surface area contributed by atoms with Crippen LogP contribution < -0.4 is 5.32 Å². The van der Waals surface area contributed by atoms with Crippen LogP contribution in [-0.4, -0.2) is 111 Å². The second-order valence-corrected chi connectivity index (χ2v) is 26.3. The fourth-order valence-corrected chi connectivity index (χ4v) is 19.7. The van der Waals surface area contributed by atoms with Crippen molar-refractivity contribution in [2.24, 2.45) is 5.92 Å². The van der Waals surface area contributed by atoms with E-state index in [1.807, 2.05) is 0 Å². The lowest BCUT2D eigenvalue weighted by atomic mass is 10.1. The highest BCUT2D eigenvalue weighted by Crippen LogP contribution is 2.49. The number of ether oxygens (including phenoxy) is 2. The molecule has 5 heterocycles. The van der Waals surface area contributed by atoms with Gasteiger partial charge in [0.15, 0.2) is 39.2 Å². The Balaban J connectivity index is 1.60. The van der Waals surface area contributed by atoms with Crippen molar-refractivity contribution in [3.05, 3.63) is 12.7 Å². The Bertz CT molecular complexity index is 1610. The molecule has 2 aromatic rings. The Hall–Kier alpha value is -2.07. The van der Waals surface area contributed by atoms with E-state index in [2.05, 4.69) is 75.7 Å².